The van der Waals surface area contributed by atoms with Crippen LogP contribution in [0.1, 0.15) is 20.8 Å². The number of carbonyl (C=O) groups is 1. The Morgan fingerprint density at radius 3 is 2.33 bits per heavy atom. The largest absolute Gasteiger partial charge is 0.447 e. The van der Waals surface area contributed by atoms with E-state index in [0.29, 0.717) is 6.61 Å². The van der Waals surface area contributed by atoms with Gasteiger partial charge in [-0.25, -0.2) is 4.79 Å². The first-order valence-corrected chi connectivity index (χ1v) is 3.94. The lowest BCUT2D eigenvalue weighted by Gasteiger charge is -2.19. The number of ether oxygens (including phenoxy) is 2. The van der Waals surface area contributed by atoms with Crippen LogP contribution in [0.3, 0.4) is 0 Å². The molecule has 0 heterocycles. The van der Waals surface area contributed by atoms with Crippen molar-refractivity contribution in [2.45, 2.75) is 26.4 Å². The van der Waals surface area contributed by atoms with Gasteiger partial charge in [0.05, 0.1) is 12.2 Å². The van der Waals surface area contributed by atoms with Crippen molar-refractivity contribution in [2.24, 2.45) is 0 Å². The average molecular weight is 175 g/mol. The fourth-order valence-electron chi connectivity index (χ4n) is 0.554. The average Bonchev–Trinajstić information content (AvgIpc) is 1.96. The van der Waals surface area contributed by atoms with E-state index < -0.39 is 6.09 Å². The number of amides is 1. The summed E-state index contributed by atoms with van der Waals surface area (Å²) in [6.45, 7) is 6.57. The van der Waals surface area contributed by atoms with Crippen molar-refractivity contribution in [1.82, 2.24) is 5.32 Å². The molecular formula is C8H17NO3. The van der Waals surface area contributed by atoms with Crippen molar-refractivity contribution in [2.75, 3.05) is 20.3 Å². The highest BCUT2D eigenvalue weighted by atomic mass is 16.6. The fourth-order valence-corrected chi connectivity index (χ4v) is 0.554. The minimum absolute atomic E-state index is 0.175. The Morgan fingerprint density at radius 2 is 1.92 bits per heavy atom. The molecular weight excluding hydrogens is 158 g/mol. The van der Waals surface area contributed by atoms with E-state index in [9.17, 15) is 4.79 Å². The first-order chi connectivity index (χ1) is 5.45. The summed E-state index contributed by atoms with van der Waals surface area (Å²) in [5.41, 5.74) is -0.175. The summed E-state index contributed by atoms with van der Waals surface area (Å²) in [7, 11) is 1.52. The molecule has 4 nitrogen and oxygen atoms in total. The van der Waals surface area contributed by atoms with Crippen LogP contribution in [0.2, 0.25) is 0 Å². The van der Waals surface area contributed by atoms with E-state index in [2.05, 4.69) is 5.32 Å². The molecule has 0 aliphatic carbocycles. The molecule has 0 aromatic rings. The molecule has 1 N–H and O–H groups in total. The molecule has 0 aliphatic heterocycles. The molecule has 0 aromatic carbocycles. The topological polar surface area (TPSA) is 47.6 Å². The number of nitrogens with one attached hydrogen (secondary N) is 1. The quantitative estimate of drug-likeness (QED) is 0.655. The lowest BCUT2D eigenvalue weighted by Crippen LogP contribution is -2.25. The van der Waals surface area contributed by atoms with E-state index in [-0.39, 0.29) is 12.2 Å². The van der Waals surface area contributed by atoms with Gasteiger partial charge in [0.1, 0.15) is 6.61 Å². The van der Waals surface area contributed by atoms with Crippen molar-refractivity contribution in [1.29, 1.82) is 0 Å². The van der Waals surface area contributed by atoms with Gasteiger partial charge in [0.2, 0.25) is 0 Å². The summed E-state index contributed by atoms with van der Waals surface area (Å²) < 4.78 is 10.0. The molecule has 0 bridgehead atoms. The van der Waals surface area contributed by atoms with Crippen LogP contribution in [0.4, 0.5) is 4.79 Å². The van der Waals surface area contributed by atoms with Crippen molar-refractivity contribution < 1.29 is 14.3 Å². The number of rotatable bonds is 3. The van der Waals surface area contributed by atoms with Gasteiger partial charge in [0.15, 0.2) is 0 Å². The molecule has 12 heavy (non-hydrogen) atoms. The van der Waals surface area contributed by atoms with Gasteiger partial charge in [-0.05, 0) is 20.8 Å². The fraction of sp³-hybridized carbons (Fsp3) is 0.875. The second kappa shape index (κ2) is 4.98. The summed E-state index contributed by atoms with van der Waals surface area (Å²) >= 11 is 0. The smallest absolute Gasteiger partial charge is 0.406 e. The normalized spacial score (nSPS) is 11.0. The summed E-state index contributed by atoms with van der Waals surface area (Å²) in [5.74, 6) is 0. The van der Waals surface area contributed by atoms with Crippen LogP contribution in [0.5, 0.6) is 0 Å². The van der Waals surface area contributed by atoms with Gasteiger partial charge >= 0.3 is 6.09 Å². The predicted octanol–water partition coefficient (Wildman–Crippen LogP) is 1.16. The predicted molar refractivity (Wildman–Crippen MR) is 46.1 cm³/mol. The van der Waals surface area contributed by atoms with Crippen LogP contribution in [0.25, 0.3) is 0 Å². The highest BCUT2D eigenvalue weighted by Gasteiger charge is 2.09. The molecule has 0 spiro atoms. The molecule has 0 aliphatic rings. The molecule has 0 saturated heterocycles. The van der Waals surface area contributed by atoms with E-state index in [0.717, 1.165) is 0 Å². The highest BCUT2D eigenvalue weighted by molar-refractivity contribution is 5.66. The Bertz CT molecular complexity index is 140. The molecule has 0 fully saturated rings. The Labute approximate surface area is 73.2 Å². The first-order valence-electron chi connectivity index (χ1n) is 3.94. The maximum Gasteiger partial charge on any atom is 0.406 e. The van der Waals surface area contributed by atoms with Crippen molar-refractivity contribution >= 4 is 6.09 Å². The van der Waals surface area contributed by atoms with E-state index in [1.165, 1.54) is 7.05 Å². The highest BCUT2D eigenvalue weighted by Crippen LogP contribution is 2.05. The van der Waals surface area contributed by atoms with Gasteiger partial charge in [-0.2, -0.15) is 0 Å². The van der Waals surface area contributed by atoms with Gasteiger partial charge in [-0.3, -0.25) is 0 Å². The zero-order valence-corrected chi connectivity index (χ0v) is 8.14. The zero-order chi connectivity index (χ0) is 9.61. The van der Waals surface area contributed by atoms with E-state index >= 15 is 0 Å². The van der Waals surface area contributed by atoms with Gasteiger partial charge < -0.3 is 14.8 Å². The van der Waals surface area contributed by atoms with Crippen molar-refractivity contribution in [3.63, 3.8) is 0 Å². The van der Waals surface area contributed by atoms with Crippen LogP contribution in [-0.2, 0) is 9.47 Å². The Kier molecular flexibility index (Phi) is 4.66. The summed E-state index contributed by atoms with van der Waals surface area (Å²) in [6, 6.07) is 0. The number of hydrogen-bond donors (Lipinski definition) is 1. The van der Waals surface area contributed by atoms with Crippen LogP contribution in [0.15, 0.2) is 0 Å². The molecule has 72 valence electrons. The standard InChI is InChI=1S/C8H17NO3/c1-8(2,3)12-6-5-11-7(10)9-4/h5-6H2,1-4H3,(H,9,10). The third-order valence-corrected chi connectivity index (χ3v) is 1.06. The lowest BCUT2D eigenvalue weighted by molar-refractivity contribution is -0.0228. The van der Waals surface area contributed by atoms with Gasteiger partial charge in [-0.15, -0.1) is 0 Å². The van der Waals surface area contributed by atoms with Gasteiger partial charge in [0, 0.05) is 7.05 Å². The summed E-state index contributed by atoms with van der Waals surface area (Å²) in [5, 5.41) is 2.35. The molecule has 1 amide bonds. The zero-order valence-electron chi connectivity index (χ0n) is 8.14. The molecule has 0 radical (unpaired) electrons. The summed E-state index contributed by atoms with van der Waals surface area (Å²) in [4.78, 5) is 10.5. The second-order valence-electron chi connectivity index (χ2n) is 3.35. The molecule has 0 rings (SSSR count). The SMILES string of the molecule is CNC(=O)OCCOC(C)(C)C. The number of carbonyl (C=O) groups excluding carboxylic acids is 1. The third kappa shape index (κ3) is 7.34. The Hall–Kier alpha value is -0.770. The van der Waals surface area contributed by atoms with Crippen LogP contribution in [0, 0.1) is 0 Å². The maximum absolute atomic E-state index is 10.5. The molecule has 0 saturated carbocycles. The second-order valence-corrected chi connectivity index (χ2v) is 3.35. The molecule has 0 unspecified atom stereocenters. The van der Waals surface area contributed by atoms with Crippen LogP contribution in [-0.4, -0.2) is 32.0 Å². The van der Waals surface area contributed by atoms with Crippen LogP contribution < -0.4 is 5.32 Å². The molecule has 0 aromatic heterocycles. The molecule has 0 atom stereocenters. The number of hydrogen-bond acceptors (Lipinski definition) is 3. The third-order valence-electron chi connectivity index (χ3n) is 1.06. The van der Waals surface area contributed by atoms with E-state index in [1.54, 1.807) is 0 Å². The van der Waals surface area contributed by atoms with E-state index in [1.807, 2.05) is 20.8 Å². The Morgan fingerprint density at radius 1 is 1.33 bits per heavy atom. The monoisotopic (exact) mass is 175 g/mol. The minimum atomic E-state index is -0.424. The Balaban J connectivity index is 3.28. The van der Waals surface area contributed by atoms with Crippen molar-refractivity contribution in [3.8, 4) is 0 Å². The van der Waals surface area contributed by atoms with Crippen LogP contribution >= 0.6 is 0 Å². The minimum Gasteiger partial charge on any atom is -0.447 e. The summed E-state index contributed by atoms with van der Waals surface area (Å²) in [6.07, 6.45) is -0.424. The van der Waals surface area contributed by atoms with Gasteiger partial charge in [0.25, 0.3) is 0 Å². The number of alkyl carbamates (subject to hydrolysis) is 1. The van der Waals surface area contributed by atoms with Crippen molar-refractivity contribution in [3.05, 3.63) is 0 Å². The maximum atomic E-state index is 10.5. The first kappa shape index (κ1) is 11.2. The van der Waals surface area contributed by atoms with E-state index in [4.69, 9.17) is 9.47 Å². The van der Waals surface area contributed by atoms with Gasteiger partial charge in [-0.1, -0.05) is 0 Å². The molecule has 4 heteroatoms. The lowest BCUT2D eigenvalue weighted by atomic mass is 10.2.